The highest BCUT2D eigenvalue weighted by Gasteiger charge is 2.15. The van der Waals surface area contributed by atoms with Gasteiger partial charge in [0.25, 0.3) is 0 Å². The van der Waals surface area contributed by atoms with Gasteiger partial charge in [0.1, 0.15) is 11.6 Å². The number of anilines is 1. The minimum absolute atomic E-state index is 0.405. The number of nitrogens with zero attached hydrogens (tertiary/aromatic N) is 2. The van der Waals surface area contributed by atoms with Gasteiger partial charge in [-0.05, 0) is 19.8 Å². The molecular weight excluding hydrogens is 174 g/mol. The van der Waals surface area contributed by atoms with Crippen LogP contribution in [0, 0.1) is 6.92 Å². The maximum Gasteiger partial charge on any atom is 0.133 e. The van der Waals surface area contributed by atoms with Crippen LogP contribution < -0.4 is 5.32 Å². The van der Waals surface area contributed by atoms with E-state index in [1.54, 1.807) is 0 Å². The number of rotatable bonds is 1. The van der Waals surface area contributed by atoms with Gasteiger partial charge in [-0.3, -0.25) is 0 Å². The van der Waals surface area contributed by atoms with Crippen molar-refractivity contribution < 1.29 is 0 Å². The molecule has 0 aliphatic carbocycles. The summed E-state index contributed by atoms with van der Waals surface area (Å²) in [5.41, 5.74) is 2.45. The molecule has 2 rings (SSSR count). The van der Waals surface area contributed by atoms with Crippen LogP contribution in [0.1, 0.15) is 43.3 Å². The Balaban J connectivity index is 2.46. The maximum atomic E-state index is 4.55. The van der Waals surface area contributed by atoms with Gasteiger partial charge in [0.15, 0.2) is 0 Å². The Kier molecular flexibility index (Phi) is 2.40. The van der Waals surface area contributed by atoms with Crippen LogP contribution in [0.2, 0.25) is 0 Å². The monoisotopic (exact) mass is 191 g/mol. The predicted octanol–water partition coefficient (Wildman–Crippen LogP) is 2.27. The van der Waals surface area contributed by atoms with Crippen LogP contribution in [0.3, 0.4) is 0 Å². The highest BCUT2D eigenvalue weighted by molar-refractivity contribution is 5.48. The maximum absolute atomic E-state index is 4.55. The molecule has 3 heteroatoms. The molecule has 0 radical (unpaired) electrons. The van der Waals surface area contributed by atoms with Crippen LogP contribution in [0.4, 0.5) is 5.82 Å². The molecule has 1 aromatic heterocycles. The van der Waals surface area contributed by atoms with Crippen molar-refractivity contribution in [3.05, 3.63) is 17.1 Å². The lowest BCUT2D eigenvalue weighted by atomic mass is 10.0. The highest BCUT2D eigenvalue weighted by atomic mass is 15.0. The summed E-state index contributed by atoms with van der Waals surface area (Å²) in [6.45, 7) is 7.38. The fourth-order valence-corrected chi connectivity index (χ4v) is 1.79. The van der Waals surface area contributed by atoms with Gasteiger partial charge in [-0.1, -0.05) is 13.8 Å². The zero-order valence-electron chi connectivity index (χ0n) is 9.09. The van der Waals surface area contributed by atoms with Gasteiger partial charge in [0.2, 0.25) is 0 Å². The van der Waals surface area contributed by atoms with Gasteiger partial charge in [-0.15, -0.1) is 0 Å². The van der Waals surface area contributed by atoms with Crippen molar-refractivity contribution in [2.45, 2.75) is 39.5 Å². The molecule has 1 aliphatic heterocycles. The lowest BCUT2D eigenvalue weighted by molar-refractivity contribution is 0.733. The van der Waals surface area contributed by atoms with E-state index < -0.39 is 0 Å². The summed E-state index contributed by atoms with van der Waals surface area (Å²) >= 11 is 0. The minimum atomic E-state index is 0.405. The molecule has 0 fully saturated rings. The summed E-state index contributed by atoms with van der Waals surface area (Å²) in [6.07, 6.45) is 2.31. The Bertz CT molecular complexity index is 345. The predicted molar refractivity (Wildman–Crippen MR) is 57.7 cm³/mol. The van der Waals surface area contributed by atoms with E-state index in [0.717, 1.165) is 30.3 Å². The Hall–Kier alpha value is -1.12. The zero-order valence-corrected chi connectivity index (χ0v) is 9.09. The fraction of sp³-hybridized carbons (Fsp3) is 0.636. The zero-order chi connectivity index (χ0) is 10.1. The van der Waals surface area contributed by atoms with Gasteiger partial charge in [-0.25, -0.2) is 9.97 Å². The fourth-order valence-electron chi connectivity index (χ4n) is 1.79. The van der Waals surface area contributed by atoms with Crippen molar-refractivity contribution in [1.29, 1.82) is 0 Å². The van der Waals surface area contributed by atoms with E-state index in [4.69, 9.17) is 0 Å². The second kappa shape index (κ2) is 3.56. The molecule has 0 aromatic carbocycles. The molecule has 0 atom stereocenters. The molecule has 0 bridgehead atoms. The number of aromatic nitrogens is 2. The number of fused-ring (bicyclic) bond motifs is 1. The lowest BCUT2D eigenvalue weighted by Gasteiger charge is -2.19. The van der Waals surface area contributed by atoms with Crippen molar-refractivity contribution in [2.75, 3.05) is 11.9 Å². The van der Waals surface area contributed by atoms with Gasteiger partial charge in [0.05, 0.1) is 0 Å². The summed E-state index contributed by atoms with van der Waals surface area (Å²) < 4.78 is 0. The summed E-state index contributed by atoms with van der Waals surface area (Å²) in [5.74, 6) is 2.42. The summed E-state index contributed by atoms with van der Waals surface area (Å²) in [5, 5.41) is 3.35. The van der Waals surface area contributed by atoms with Crippen molar-refractivity contribution in [1.82, 2.24) is 9.97 Å². The topological polar surface area (TPSA) is 37.8 Å². The van der Waals surface area contributed by atoms with E-state index in [9.17, 15) is 0 Å². The standard InChI is InChI=1S/C11H17N3/c1-7(2)10-13-8(3)9-5-4-6-12-11(9)14-10/h7H,4-6H2,1-3H3,(H,12,13,14). The van der Waals surface area contributed by atoms with E-state index in [1.165, 1.54) is 12.0 Å². The van der Waals surface area contributed by atoms with Gasteiger partial charge >= 0.3 is 0 Å². The summed E-state index contributed by atoms with van der Waals surface area (Å²) in [4.78, 5) is 9.09. The van der Waals surface area contributed by atoms with Crippen molar-refractivity contribution in [3.63, 3.8) is 0 Å². The largest absolute Gasteiger partial charge is 0.370 e. The van der Waals surface area contributed by atoms with E-state index in [0.29, 0.717) is 5.92 Å². The third-order valence-corrected chi connectivity index (χ3v) is 2.64. The second-order valence-electron chi connectivity index (χ2n) is 4.18. The smallest absolute Gasteiger partial charge is 0.133 e. The van der Waals surface area contributed by atoms with E-state index in [-0.39, 0.29) is 0 Å². The molecule has 3 nitrogen and oxygen atoms in total. The SMILES string of the molecule is Cc1nc(C(C)C)nc2c1CCCN2. The van der Waals surface area contributed by atoms with Crippen LogP contribution in [0.25, 0.3) is 0 Å². The van der Waals surface area contributed by atoms with Crippen molar-refractivity contribution in [2.24, 2.45) is 0 Å². The van der Waals surface area contributed by atoms with E-state index in [2.05, 4.69) is 36.1 Å². The number of nitrogens with one attached hydrogen (secondary N) is 1. The molecule has 0 saturated heterocycles. The molecular formula is C11H17N3. The molecule has 1 aliphatic rings. The quantitative estimate of drug-likeness (QED) is 0.740. The van der Waals surface area contributed by atoms with Crippen LogP contribution in [-0.4, -0.2) is 16.5 Å². The Morgan fingerprint density at radius 1 is 1.29 bits per heavy atom. The molecule has 1 N–H and O–H groups in total. The molecule has 0 amide bonds. The Morgan fingerprint density at radius 2 is 2.07 bits per heavy atom. The summed E-state index contributed by atoms with van der Waals surface area (Å²) in [6, 6.07) is 0. The minimum Gasteiger partial charge on any atom is -0.370 e. The van der Waals surface area contributed by atoms with Gasteiger partial charge < -0.3 is 5.32 Å². The lowest BCUT2D eigenvalue weighted by Crippen LogP contribution is -2.17. The van der Waals surface area contributed by atoms with Gasteiger partial charge in [-0.2, -0.15) is 0 Å². The molecule has 0 saturated carbocycles. The van der Waals surface area contributed by atoms with Gasteiger partial charge in [0, 0.05) is 23.7 Å². The van der Waals surface area contributed by atoms with Crippen LogP contribution in [-0.2, 0) is 6.42 Å². The molecule has 0 unspecified atom stereocenters. The average molecular weight is 191 g/mol. The van der Waals surface area contributed by atoms with E-state index >= 15 is 0 Å². The van der Waals surface area contributed by atoms with Crippen LogP contribution in [0.15, 0.2) is 0 Å². The van der Waals surface area contributed by atoms with Crippen molar-refractivity contribution in [3.8, 4) is 0 Å². The summed E-state index contributed by atoms with van der Waals surface area (Å²) in [7, 11) is 0. The first-order valence-electron chi connectivity index (χ1n) is 5.29. The molecule has 0 spiro atoms. The third-order valence-electron chi connectivity index (χ3n) is 2.64. The number of hydrogen-bond donors (Lipinski definition) is 1. The molecule has 1 aromatic rings. The first kappa shape index (κ1) is 9.44. The molecule has 14 heavy (non-hydrogen) atoms. The third kappa shape index (κ3) is 1.59. The highest BCUT2D eigenvalue weighted by Crippen LogP contribution is 2.23. The van der Waals surface area contributed by atoms with Crippen molar-refractivity contribution >= 4 is 5.82 Å². The van der Waals surface area contributed by atoms with Crippen LogP contribution in [0.5, 0.6) is 0 Å². The van der Waals surface area contributed by atoms with Crippen LogP contribution >= 0.6 is 0 Å². The number of aryl methyl sites for hydroxylation is 1. The van der Waals surface area contributed by atoms with E-state index in [1.807, 2.05) is 0 Å². The first-order chi connectivity index (χ1) is 6.68. The second-order valence-corrected chi connectivity index (χ2v) is 4.18. The normalized spacial score (nSPS) is 15.1. The average Bonchev–Trinajstić information content (AvgIpc) is 2.17. The number of hydrogen-bond acceptors (Lipinski definition) is 3. The Morgan fingerprint density at radius 3 is 2.79 bits per heavy atom. The first-order valence-corrected chi connectivity index (χ1v) is 5.29. The Labute approximate surface area is 85.0 Å². The molecule has 2 heterocycles. The molecule has 76 valence electrons.